The molecule has 4 heteroatoms. The van der Waals surface area contributed by atoms with Gasteiger partial charge in [0.2, 0.25) is 5.91 Å². The number of rotatable bonds is 3. The highest BCUT2D eigenvalue weighted by molar-refractivity contribution is 5.97. The largest absolute Gasteiger partial charge is 0.324 e. The number of carbonyl (C=O) groups excluding carboxylic acids is 2. The van der Waals surface area contributed by atoms with E-state index >= 15 is 0 Å². The van der Waals surface area contributed by atoms with Gasteiger partial charge in [-0.15, -0.1) is 0 Å². The summed E-state index contributed by atoms with van der Waals surface area (Å²) in [4.78, 5) is 24.5. The second-order valence-corrected chi connectivity index (χ2v) is 5.09. The Morgan fingerprint density at radius 3 is 2.60 bits per heavy atom. The molecular weight excluding hydrogens is 192 g/mol. The lowest BCUT2D eigenvalue weighted by Crippen LogP contribution is -2.55. The van der Waals surface area contributed by atoms with Gasteiger partial charge in [-0.3, -0.25) is 10.1 Å². The second kappa shape index (κ2) is 4.21. The second-order valence-electron chi connectivity index (χ2n) is 5.09. The molecule has 1 fully saturated rings. The number of carbonyl (C=O) groups is 2. The third-order valence-electron chi connectivity index (χ3n) is 3.04. The van der Waals surface area contributed by atoms with Crippen LogP contribution in [0.3, 0.4) is 0 Å². The topological polar surface area (TPSA) is 49.4 Å². The van der Waals surface area contributed by atoms with E-state index in [2.05, 4.69) is 26.1 Å². The van der Waals surface area contributed by atoms with Gasteiger partial charge in [0.15, 0.2) is 0 Å². The van der Waals surface area contributed by atoms with Crippen LogP contribution in [0.2, 0.25) is 0 Å². The Balaban J connectivity index is 2.63. The summed E-state index contributed by atoms with van der Waals surface area (Å²) in [6.07, 6.45) is 1.01. The van der Waals surface area contributed by atoms with Gasteiger partial charge in [-0.25, -0.2) is 4.79 Å². The fourth-order valence-electron chi connectivity index (χ4n) is 1.57. The van der Waals surface area contributed by atoms with Crippen LogP contribution in [0.4, 0.5) is 4.79 Å². The molecule has 0 aromatic heterocycles. The number of imide groups is 1. The van der Waals surface area contributed by atoms with Crippen molar-refractivity contribution in [2.45, 2.75) is 34.1 Å². The lowest BCUT2D eigenvalue weighted by molar-refractivity contribution is -0.125. The SMILES string of the molecule is CCC(C)(C)CN1CC(C)C(=O)NC1=O. The molecule has 1 aliphatic rings. The molecule has 0 saturated carbocycles. The fraction of sp³-hybridized carbons (Fsp3) is 0.818. The molecule has 0 radical (unpaired) electrons. The molecule has 1 N–H and O–H groups in total. The van der Waals surface area contributed by atoms with Crippen LogP contribution in [0.25, 0.3) is 0 Å². The van der Waals surface area contributed by atoms with Crippen molar-refractivity contribution in [3.63, 3.8) is 0 Å². The van der Waals surface area contributed by atoms with Crippen LogP contribution < -0.4 is 5.32 Å². The van der Waals surface area contributed by atoms with Gasteiger partial charge in [-0.2, -0.15) is 0 Å². The first kappa shape index (κ1) is 12.0. The third-order valence-corrected chi connectivity index (χ3v) is 3.04. The Morgan fingerprint density at radius 2 is 2.07 bits per heavy atom. The summed E-state index contributed by atoms with van der Waals surface area (Å²) >= 11 is 0. The Morgan fingerprint density at radius 1 is 1.47 bits per heavy atom. The van der Waals surface area contributed by atoms with Crippen molar-refractivity contribution in [1.82, 2.24) is 10.2 Å². The van der Waals surface area contributed by atoms with Crippen LogP contribution in [0.1, 0.15) is 34.1 Å². The zero-order chi connectivity index (χ0) is 11.6. The maximum atomic E-state index is 11.5. The molecule has 1 aliphatic heterocycles. The molecule has 3 amide bonds. The van der Waals surface area contributed by atoms with Crippen molar-refractivity contribution in [3.05, 3.63) is 0 Å². The minimum Gasteiger partial charge on any atom is -0.323 e. The Kier molecular flexibility index (Phi) is 3.37. The van der Waals surface area contributed by atoms with Crippen LogP contribution in [-0.4, -0.2) is 29.9 Å². The van der Waals surface area contributed by atoms with Crippen molar-refractivity contribution in [3.8, 4) is 0 Å². The minimum absolute atomic E-state index is 0.102. The first-order chi connectivity index (χ1) is 6.85. The summed E-state index contributed by atoms with van der Waals surface area (Å²) in [6.45, 7) is 9.44. The molecule has 0 bridgehead atoms. The number of hydrogen-bond acceptors (Lipinski definition) is 2. The van der Waals surface area contributed by atoms with Crippen molar-refractivity contribution >= 4 is 11.9 Å². The van der Waals surface area contributed by atoms with Gasteiger partial charge in [0.05, 0.1) is 5.92 Å². The molecule has 1 unspecified atom stereocenters. The lowest BCUT2D eigenvalue weighted by atomic mass is 9.89. The van der Waals surface area contributed by atoms with E-state index in [4.69, 9.17) is 0 Å². The van der Waals surface area contributed by atoms with Gasteiger partial charge in [0.1, 0.15) is 0 Å². The number of nitrogens with one attached hydrogen (secondary N) is 1. The molecule has 0 spiro atoms. The van der Waals surface area contributed by atoms with E-state index in [0.717, 1.165) is 6.42 Å². The van der Waals surface area contributed by atoms with Gasteiger partial charge in [0, 0.05) is 13.1 Å². The zero-order valence-corrected chi connectivity index (χ0v) is 9.96. The van der Waals surface area contributed by atoms with Crippen LogP contribution >= 0.6 is 0 Å². The summed E-state index contributed by atoms with van der Waals surface area (Å²) in [5.41, 5.74) is 0.109. The molecule has 0 aromatic carbocycles. The predicted molar refractivity (Wildman–Crippen MR) is 58.3 cm³/mol. The van der Waals surface area contributed by atoms with E-state index in [9.17, 15) is 9.59 Å². The van der Waals surface area contributed by atoms with Crippen molar-refractivity contribution in [2.24, 2.45) is 11.3 Å². The van der Waals surface area contributed by atoms with Crippen molar-refractivity contribution in [1.29, 1.82) is 0 Å². The smallest absolute Gasteiger partial charge is 0.323 e. The molecule has 4 nitrogen and oxygen atoms in total. The predicted octanol–water partition coefficient (Wildman–Crippen LogP) is 1.61. The number of urea groups is 1. The van der Waals surface area contributed by atoms with E-state index < -0.39 is 0 Å². The molecule has 0 aromatic rings. The number of amides is 3. The Labute approximate surface area is 91.0 Å². The van der Waals surface area contributed by atoms with Gasteiger partial charge in [-0.05, 0) is 11.8 Å². The first-order valence-electron chi connectivity index (χ1n) is 5.45. The molecule has 1 atom stereocenters. The van der Waals surface area contributed by atoms with Crippen LogP contribution in [0.5, 0.6) is 0 Å². The van der Waals surface area contributed by atoms with Gasteiger partial charge >= 0.3 is 6.03 Å². The average Bonchev–Trinajstić information content (AvgIpc) is 2.14. The molecule has 1 heterocycles. The zero-order valence-electron chi connectivity index (χ0n) is 9.96. The fourth-order valence-corrected chi connectivity index (χ4v) is 1.57. The van der Waals surface area contributed by atoms with E-state index in [0.29, 0.717) is 13.1 Å². The highest BCUT2D eigenvalue weighted by Gasteiger charge is 2.32. The number of nitrogens with zero attached hydrogens (tertiary/aromatic N) is 1. The standard InChI is InChI=1S/C11H20N2O2/c1-5-11(3,4)7-13-6-8(2)9(14)12-10(13)15/h8H,5-7H2,1-4H3,(H,12,14,15). The van der Waals surface area contributed by atoms with Crippen molar-refractivity contribution in [2.75, 3.05) is 13.1 Å². The van der Waals surface area contributed by atoms with Crippen LogP contribution in [-0.2, 0) is 4.79 Å². The minimum atomic E-state index is -0.250. The maximum absolute atomic E-state index is 11.5. The lowest BCUT2D eigenvalue weighted by Gasteiger charge is -2.36. The maximum Gasteiger partial charge on any atom is 0.324 e. The highest BCUT2D eigenvalue weighted by atomic mass is 16.2. The molecule has 86 valence electrons. The molecule has 15 heavy (non-hydrogen) atoms. The van der Waals surface area contributed by atoms with E-state index in [1.807, 2.05) is 6.92 Å². The normalized spacial score (nSPS) is 22.9. The van der Waals surface area contributed by atoms with E-state index in [1.165, 1.54) is 0 Å². The van der Waals surface area contributed by atoms with Crippen LogP contribution in [0, 0.1) is 11.3 Å². The van der Waals surface area contributed by atoms with Crippen molar-refractivity contribution < 1.29 is 9.59 Å². The van der Waals surface area contributed by atoms with E-state index in [-0.39, 0.29) is 23.3 Å². The first-order valence-corrected chi connectivity index (χ1v) is 5.45. The Hall–Kier alpha value is -1.06. The summed E-state index contributed by atoms with van der Waals surface area (Å²) in [5, 5.41) is 2.37. The van der Waals surface area contributed by atoms with Gasteiger partial charge < -0.3 is 4.90 Å². The molecule has 1 rings (SSSR count). The van der Waals surface area contributed by atoms with E-state index in [1.54, 1.807) is 4.90 Å². The Bertz CT molecular complexity index is 274. The highest BCUT2D eigenvalue weighted by Crippen LogP contribution is 2.22. The van der Waals surface area contributed by atoms with Gasteiger partial charge in [0.25, 0.3) is 0 Å². The molecule has 0 aliphatic carbocycles. The monoisotopic (exact) mass is 212 g/mol. The summed E-state index contributed by atoms with van der Waals surface area (Å²) in [7, 11) is 0. The summed E-state index contributed by atoms with van der Waals surface area (Å²) in [5.74, 6) is -0.263. The van der Waals surface area contributed by atoms with Crippen LogP contribution in [0.15, 0.2) is 0 Å². The quantitative estimate of drug-likeness (QED) is 0.772. The summed E-state index contributed by atoms with van der Waals surface area (Å²) < 4.78 is 0. The van der Waals surface area contributed by atoms with Gasteiger partial charge in [-0.1, -0.05) is 27.7 Å². The molecule has 1 saturated heterocycles. The summed E-state index contributed by atoms with van der Waals surface area (Å²) in [6, 6.07) is -0.250. The third kappa shape index (κ3) is 2.94. The number of hydrogen-bond donors (Lipinski definition) is 1. The average molecular weight is 212 g/mol. The molecular formula is C11H20N2O2.